The smallest absolute Gasteiger partial charge is 0.220 e. The molecule has 2 aliphatic heterocycles. The molecule has 2 fully saturated rings. The number of carbonyl (C=O) groups excluding carboxylic acids is 2. The minimum absolute atomic E-state index is 0.0617. The molecule has 0 aliphatic carbocycles. The third-order valence-electron chi connectivity index (χ3n) is 6.72. The van der Waals surface area contributed by atoms with Gasteiger partial charge >= 0.3 is 0 Å². The Morgan fingerprint density at radius 2 is 1.97 bits per heavy atom. The van der Waals surface area contributed by atoms with Crippen LogP contribution in [0.4, 0.5) is 0 Å². The van der Waals surface area contributed by atoms with Gasteiger partial charge < -0.3 is 20.1 Å². The fraction of sp³-hybridized carbons (Fsp3) is 0.520. The zero-order valence-corrected chi connectivity index (χ0v) is 18.2. The first-order chi connectivity index (χ1) is 15.1. The summed E-state index contributed by atoms with van der Waals surface area (Å²) in [6.45, 7) is 2.28. The van der Waals surface area contributed by atoms with E-state index < -0.39 is 0 Å². The van der Waals surface area contributed by atoms with E-state index in [1.165, 1.54) is 5.56 Å². The molecule has 0 unspecified atom stereocenters. The lowest BCUT2D eigenvalue weighted by molar-refractivity contribution is -0.123. The molecule has 2 aromatic carbocycles. The molecule has 0 spiro atoms. The lowest BCUT2D eigenvalue weighted by Gasteiger charge is -2.30. The van der Waals surface area contributed by atoms with Crippen molar-refractivity contribution >= 4 is 22.6 Å². The Kier molecular flexibility index (Phi) is 6.76. The van der Waals surface area contributed by atoms with Crippen molar-refractivity contribution in [3.63, 3.8) is 0 Å². The lowest BCUT2D eigenvalue weighted by atomic mass is 9.83. The van der Waals surface area contributed by atoms with Gasteiger partial charge in [-0.1, -0.05) is 30.3 Å². The molecule has 2 heterocycles. The fourth-order valence-corrected chi connectivity index (χ4v) is 4.86. The van der Waals surface area contributed by atoms with Gasteiger partial charge in [-0.3, -0.25) is 9.59 Å². The Hall–Kier alpha value is -2.60. The summed E-state index contributed by atoms with van der Waals surface area (Å²) >= 11 is 0. The van der Waals surface area contributed by atoms with Gasteiger partial charge in [0.15, 0.2) is 0 Å². The molecular weight excluding hydrogens is 392 g/mol. The second-order valence-electron chi connectivity index (χ2n) is 8.84. The molecule has 166 valence electrons. The molecule has 0 bridgehead atoms. The summed E-state index contributed by atoms with van der Waals surface area (Å²) in [5.74, 6) is 1.48. The molecule has 0 aromatic heterocycles. The second-order valence-corrected chi connectivity index (χ2v) is 8.84. The molecule has 2 N–H and O–H groups in total. The van der Waals surface area contributed by atoms with Gasteiger partial charge in [0.05, 0.1) is 7.11 Å². The zero-order valence-electron chi connectivity index (χ0n) is 18.2. The molecule has 0 radical (unpaired) electrons. The van der Waals surface area contributed by atoms with Crippen LogP contribution in [0.2, 0.25) is 0 Å². The number of methoxy groups -OCH3 is 1. The van der Waals surface area contributed by atoms with Crippen LogP contribution in [-0.4, -0.2) is 44.2 Å². The van der Waals surface area contributed by atoms with Gasteiger partial charge in [0.1, 0.15) is 5.75 Å². The van der Waals surface area contributed by atoms with Gasteiger partial charge in [0.2, 0.25) is 11.8 Å². The molecular formula is C25H32N2O4. The predicted molar refractivity (Wildman–Crippen MR) is 120 cm³/mol. The molecule has 6 nitrogen and oxygen atoms in total. The van der Waals surface area contributed by atoms with Crippen LogP contribution in [0.25, 0.3) is 10.8 Å². The highest BCUT2D eigenvalue weighted by molar-refractivity contribution is 5.91. The Morgan fingerprint density at radius 1 is 1.19 bits per heavy atom. The number of hydrogen-bond acceptors (Lipinski definition) is 4. The van der Waals surface area contributed by atoms with Crippen LogP contribution in [0.15, 0.2) is 36.4 Å². The second kappa shape index (κ2) is 9.69. The topological polar surface area (TPSA) is 76.7 Å². The van der Waals surface area contributed by atoms with E-state index in [4.69, 9.17) is 9.47 Å². The maximum atomic E-state index is 12.5. The van der Waals surface area contributed by atoms with Crippen molar-refractivity contribution in [1.82, 2.24) is 10.6 Å². The largest absolute Gasteiger partial charge is 0.496 e. The van der Waals surface area contributed by atoms with Crippen LogP contribution < -0.4 is 15.4 Å². The van der Waals surface area contributed by atoms with E-state index in [1.807, 2.05) is 18.2 Å². The van der Waals surface area contributed by atoms with Gasteiger partial charge in [0, 0.05) is 43.5 Å². The van der Waals surface area contributed by atoms with Crippen molar-refractivity contribution in [3.05, 3.63) is 42.0 Å². The molecule has 6 heteroatoms. The van der Waals surface area contributed by atoms with E-state index in [0.29, 0.717) is 38.1 Å². The summed E-state index contributed by atoms with van der Waals surface area (Å²) in [5.41, 5.74) is 0.783. The van der Waals surface area contributed by atoms with E-state index in [9.17, 15) is 9.59 Å². The molecule has 1 atom stereocenters. The standard InChI is InChI=1S/C25H32N2O4/c1-30-22-7-6-19(20-4-2-3-5-21(20)22)16-25(13-9-24(29)27-25)12-8-23(28)26-17-18-10-14-31-15-11-18/h2-7,18H,8-17H2,1H3,(H,26,28)(H,27,29)/t25-/m0/s1. The number of hydrogen-bond donors (Lipinski definition) is 2. The van der Waals surface area contributed by atoms with Gasteiger partial charge in [-0.05, 0) is 55.0 Å². The van der Waals surface area contributed by atoms with E-state index in [2.05, 4.69) is 28.8 Å². The van der Waals surface area contributed by atoms with Crippen molar-refractivity contribution in [2.45, 2.75) is 50.5 Å². The van der Waals surface area contributed by atoms with E-state index in [0.717, 1.165) is 49.0 Å². The quantitative estimate of drug-likeness (QED) is 0.681. The van der Waals surface area contributed by atoms with Crippen molar-refractivity contribution in [3.8, 4) is 5.75 Å². The zero-order chi connectivity index (χ0) is 21.7. The molecule has 2 aromatic rings. The Balaban J connectivity index is 1.44. The number of ether oxygens (including phenoxy) is 2. The van der Waals surface area contributed by atoms with Crippen LogP contribution >= 0.6 is 0 Å². The van der Waals surface area contributed by atoms with Crippen LogP contribution in [0.5, 0.6) is 5.75 Å². The SMILES string of the molecule is COc1ccc(C[C@]2(CCC(=O)NCC3CCOCC3)CCC(=O)N2)c2ccccc12. The monoisotopic (exact) mass is 424 g/mol. The average Bonchev–Trinajstić information content (AvgIpc) is 3.18. The minimum Gasteiger partial charge on any atom is -0.496 e. The Morgan fingerprint density at radius 3 is 2.68 bits per heavy atom. The lowest BCUT2D eigenvalue weighted by Crippen LogP contribution is -2.44. The van der Waals surface area contributed by atoms with Crippen molar-refractivity contribution < 1.29 is 19.1 Å². The summed E-state index contributed by atoms with van der Waals surface area (Å²) in [5, 5.41) is 8.49. The number of carbonyl (C=O) groups is 2. The Labute approximate surface area is 183 Å². The first kappa shape index (κ1) is 21.6. The van der Waals surface area contributed by atoms with E-state index >= 15 is 0 Å². The van der Waals surface area contributed by atoms with Crippen LogP contribution in [0.1, 0.15) is 44.1 Å². The fourth-order valence-electron chi connectivity index (χ4n) is 4.86. The maximum Gasteiger partial charge on any atom is 0.220 e. The van der Waals surface area contributed by atoms with Gasteiger partial charge in [-0.2, -0.15) is 0 Å². The van der Waals surface area contributed by atoms with Crippen LogP contribution in [0, 0.1) is 5.92 Å². The summed E-state index contributed by atoms with van der Waals surface area (Å²) in [4.78, 5) is 24.7. The molecule has 2 amide bonds. The van der Waals surface area contributed by atoms with Crippen molar-refractivity contribution in [1.29, 1.82) is 0 Å². The van der Waals surface area contributed by atoms with E-state index in [1.54, 1.807) is 7.11 Å². The summed E-state index contributed by atoms with van der Waals surface area (Å²) in [6.07, 6.45) is 5.03. The first-order valence-corrected chi connectivity index (χ1v) is 11.3. The van der Waals surface area contributed by atoms with Gasteiger partial charge in [-0.25, -0.2) is 0 Å². The van der Waals surface area contributed by atoms with E-state index in [-0.39, 0.29) is 17.4 Å². The first-order valence-electron chi connectivity index (χ1n) is 11.3. The maximum absolute atomic E-state index is 12.5. The number of nitrogens with one attached hydrogen (secondary N) is 2. The highest BCUT2D eigenvalue weighted by Gasteiger charge is 2.38. The number of benzene rings is 2. The van der Waals surface area contributed by atoms with Gasteiger partial charge in [-0.15, -0.1) is 0 Å². The highest BCUT2D eigenvalue weighted by Crippen LogP contribution is 2.34. The molecule has 0 saturated carbocycles. The third kappa shape index (κ3) is 5.18. The van der Waals surface area contributed by atoms with Crippen molar-refractivity contribution in [2.75, 3.05) is 26.9 Å². The normalized spacial score (nSPS) is 21.8. The summed E-state index contributed by atoms with van der Waals surface area (Å²) < 4.78 is 10.9. The minimum atomic E-state index is -0.384. The van der Waals surface area contributed by atoms with Crippen molar-refractivity contribution in [2.24, 2.45) is 5.92 Å². The third-order valence-corrected chi connectivity index (χ3v) is 6.72. The average molecular weight is 425 g/mol. The molecule has 4 rings (SSSR count). The predicted octanol–water partition coefficient (Wildman–Crippen LogP) is 3.36. The molecule has 31 heavy (non-hydrogen) atoms. The number of amides is 2. The molecule has 2 aliphatic rings. The number of rotatable bonds is 8. The molecule has 2 saturated heterocycles. The number of fused-ring (bicyclic) bond motifs is 1. The summed E-state index contributed by atoms with van der Waals surface area (Å²) in [6, 6.07) is 12.3. The van der Waals surface area contributed by atoms with Gasteiger partial charge in [0.25, 0.3) is 0 Å². The van der Waals surface area contributed by atoms with Crippen LogP contribution in [-0.2, 0) is 20.7 Å². The highest BCUT2D eigenvalue weighted by atomic mass is 16.5. The Bertz CT molecular complexity index is 938. The summed E-state index contributed by atoms with van der Waals surface area (Å²) in [7, 11) is 1.68. The van der Waals surface area contributed by atoms with Crippen LogP contribution in [0.3, 0.4) is 0 Å².